The number of benzene rings is 1. The molecule has 0 radical (unpaired) electrons. The van der Waals surface area contributed by atoms with E-state index in [1.54, 1.807) is 24.1 Å². The molecule has 0 unspecified atom stereocenters. The van der Waals surface area contributed by atoms with Gasteiger partial charge in [-0.3, -0.25) is 14.3 Å². The van der Waals surface area contributed by atoms with E-state index in [0.29, 0.717) is 28.3 Å². The molecule has 4 aromatic rings. The molecule has 1 aromatic carbocycles. The molecule has 5 rings (SSSR count). The molecule has 3 N–H and O–H groups in total. The highest BCUT2D eigenvalue weighted by Gasteiger charge is 2.31. The van der Waals surface area contributed by atoms with Gasteiger partial charge in [0.15, 0.2) is 0 Å². The largest absolute Gasteiger partial charge is 0.495 e. The van der Waals surface area contributed by atoms with Crippen molar-refractivity contribution in [1.29, 1.82) is 5.26 Å². The van der Waals surface area contributed by atoms with Crippen LogP contribution in [0.15, 0.2) is 47.7 Å². The fourth-order valence-electron chi connectivity index (χ4n) is 4.03. The zero-order valence-electron chi connectivity index (χ0n) is 18.7. The van der Waals surface area contributed by atoms with E-state index in [1.807, 2.05) is 31.2 Å². The van der Waals surface area contributed by atoms with Gasteiger partial charge < -0.3 is 15.8 Å². The van der Waals surface area contributed by atoms with Gasteiger partial charge in [-0.15, -0.1) is 0 Å². The summed E-state index contributed by atoms with van der Waals surface area (Å²) in [6, 6.07) is 9.15. The van der Waals surface area contributed by atoms with Crippen LogP contribution >= 0.6 is 0 Å². The Kier molecular flexibility index (Phi) is 5.30. The molecule has 1 aliphatic carbocycles. The van der Waals surface area contributed by atoms with E-state index in [0.717, 1.165) is 24.0 Å². The van der Waals surface area contributed by atoms with Crippen LogP contribution in [0.5, 0.6) is 5.75 Å². The van der Waals surface area contributed by atoms with Crippen LogP contribution in [0.3, 0.4) is 0 Å². The number of nitriles is 1. The van der Waals surface area contributed by atoms with Crippen LogP contribution in [0.2, 0.25) is 0 Å². The lowest BCUT2D eigenvalue weighted by molar-refractivity contribution is 0.413. The van der Waals surface area contributed by atoms with Crippen molar-refractivity contribution in [3.05, 3.63) is 64.6 Å². The minimum absolute atomic E-state index is 0.0521. The first-order chi connectivity index (χ1) is 16.5. The third-order valence-corrected chi connectivity index (χ3v) is 5.80. The molecule has 0 bridgehead atoms. The van der Waals surface area contributed by atoms with Crippen LogP contribution in [0.4, 0.5) is 11.8 Å². The number of hydrogen-bond acceptors (Lipinski definition) is 9. The number of nitrogens with one attached hydrogen (secondary N) is 1. The first kappa shape index (κ1) is 21.3. The molecule has 0 aliphatic heterocycles. The summed E-state index contributed by atoms with van der Waals surface area (Å²) in [6.45, 7) is 1.88. The minimum atomic E-state index is -0.416. The molecule has 34 heavy (non-hydrogen) atoms. The molecule has 1 saturated carbocycles. The monoisotopic (exact) mass is 454 g/mol. The van der Waals surface area contributed by atoms with Gasteiger partial charge in [0.2, 0.25) is 5.95 Å². The first-order valence-electron chi connectivity index (χ1n) is 10.8. The summed E-state index contributed by atoms with van der Waals surface area (Å²) < 4.78 is 7.07. The van der Waals surface area contributed by atoms with Gasteiger partial charge in [0.05, 0.1) is 36.4 Å². The smallest absolute Gasteiger partial charge is 0.262 e. The van der Waals surface area contributed by atoms with E-state index >= 15 is 0 Å². The topological polar surface area (TPSA) is 145 Å². The van der Waals surface area contributed by atoms with Crippen LogP contribution < -0.4 is 21.3 Å². The Labute approximate surface area is 195 Å². The summed E-state index contributed by atoms with van der Waals surface area (Å²) in [7, 11) is 1.58. The number of ether oxygens (including phenoxy) is 1. The summed E-state index contributed by atoms with van der Waals surface area (Å²) in [5.74, 6) is 1.53. The summed E-state index contributed by atoms with van der Waals surface area (Å²) in [5, 5.41) is 13.1. The average molecular weight is 454 g/mol. The number of rotatable bonds is 6. The maximum Gasteiger partial charge on any atom is 0.262 e. The fourth-order valence-corrected chi connectivity index (χ4v) is 4.03. The van der Waals surface area contributed by atoms with Crippen LogP contribution in [0.25, 0.3) is 22.0 Å². The molecule has 170 valence electrons. The third-order valence-electron chi connectivity index (χ3n) is 5.80. The molecule has 0 saturated heterocycles. The van der Waals surface area contributed by atoms with Gasteiger partial charge in [-0.05, 0) is 37.5 Å². The second-order valence-electron chi connectivity index (χ2n) is 8.16. The minimum Gasteiger partial charge on any atom is -0.495 e. The average Bonchev–Trinajstić information content (AvgIpc) is 3.69. The van der Waals surface area contributed by atoms with Gasteiger partial charge >= 0.3 is 0 Å². The van der Waals surface area contributed by atoms with Crippen molar-refractivity contribution in [2.75, 3.05) is 18.2 Å². The highest BCUT2D eigenvalue weighted by Crippen LogP contribution is 2.37. The summed E-state index contributed by atoms with van der Waals surface area (Å²) in [4.78, 5) is 31.0. The molecule has 0 spiro atoms. The van der Waals surface area contributed by atoms with Gasteiger partial charge in [-0.25, -0.2) is 9.97 Å². The maximum atomic E-state index is 13.9. The lowest BCUT2D eigenvalue weighted by Gasteiger charge is -2.21. The number of nitrogens with zero attached hydrogens (tertiary/aromatic N) is 6. The van der Waals surface area contributed by atoms with E-state index in [1.165, 1.54) is 6.20 Å². The third kappa shape index (κ3) is 3.77. The molecule has 1 aliphatic rings. The molecular formula is C24H22N8O2. The Balaban J connectivity index is 1.66. The number of methoxy groups -OCH3 is 1. The zero-order chi connectivity index (χ0) is 23.8. The fraction of sp³-hybridized carbons (Fsp3) is 0.250. The van der Waals surface area contributed by atoms with Gasteiger partial charge in [-0.2, -0.15) is 10.2 Å². The maximum absolute atomic E-state index is 13.9. The summed E-state index contributed by atoms with van der Waals surface area (Å²) in [5.41, 5.74) is 7.97. The number of fused-ring (bicyclic) bond motifs is 1. The predicted molar refractivity (Wildman–Crippen MR) is 127 cm³/mol. The lowest BCUT2D eigenvalue weighted by atomic mass is 10.0. The SMILES string of the molecule is COc1cncc(-c2cccc3nc([C@H](C)Nc4nc(N)ncc4C#N)n(C4CC4)c(=O)c23)c1. The second-order valence-corrected chi connectivity index (χ2v) is 8.16. The van der Waals surface area contributed by atoms with E-state index < -0.39 is 6.04 Å². The van der Waals surface area contributed by atoms with Crippen molar-refractivity contribution in [2.45, 2.75) is 31.8 Å². The summed E-state index contributed by atoms with van der Waals surface area (Å²) in [6.07, 6.45) is 6.50. The second kappa shape index (κ2) is 8.44. The quantitative estimate of drug-likeness (QED) is 0.448. The number of nitrogens with two attached hydrogens (primary N) is 1. The van der Waals surface area contributed by atoms with Crippen LogP contribution in [0, 0.1) is 11.3 Å². The predicted octanol–water partition coefficient (Wildman–Crippen LogP) is 3.22. The van der Waals surface area contributed by atoms with E-state index in [2.05, 4.69) is 26.3 Å². The zero-order valence-corrected chi connectivity index (χ0v) is 18.7. The number of aromatic nitrogens is 5. The van der Waals surface area contributed by atoms with E-state index in [9.17, 15) is 10.1 Å². The van der Waals surface area contributed by atoms with Gasteiger partial charge in [0, 0.05) is 17.8 Å². The van der Waals surface area contributed by atoms with Crippen molar-refractivity contribution in [2.24, 2.45) is 0 Å². The van der Waals surface area contributed by atoms with Gasteiger partial charge in [0.1, 0.15) is 29.0 Å². The Hall–Kier alpha value is -4.52. The normalized spacial score (nSPS) is 13.9. The van der Waals surface area contributed by atoms with Crippen molar-refractivity contribution >= 4 is 22.7 Å². The van der Waals surface area contributed by atoms with Gasteiger partial charge in [0.25, 0.3) is 5.56 Å². The number of pyridine rings is 1. The Morgan fingerprint density at radius 1 is 1.26 bits per heavy atom. The molecule has 3 aromatic heterocycles. The number of hydrogen-bond donors (Lipinski definition) is 2. The Bertz CT molecular complexity index is 1500. The lowest BCUT2D eigenvalue weighted by Crippen LogP contribution is -2.28. The Morgan fingerprint density at radius 2 is 2.09 bits per heavy atom. The molecule has 10 nitrogen and oxygen atoms in total. The van der Waals surface area contributed by atoms with Gasteiger partial charge in [-0.1, -0.05) is 12.1 Å². The van der Waals surface area contributed by atoms with E-state index in [4.69, 9.17) is 15.5 Å². The van der Waals surface area contributed by atoms with Crippen LogP contribution in [0.1, 0.15) is 43.2 Å². The van der Waals surface area contributed by atoms with Crippen molar-refractivity contribution in [1.82, 2.24) is 24.5 Å². The number of anilines is 2. The number of nitrogen functional groups attached to an aromatic ring is 1. The highest BCUT2D eigenvalue weighted by molar-refractivity contribution is 5.94. The van der Waals surface area contributed by atoms with Crippen molar-refractivity contribution in [3.63, 3.8) is 0 Å². The molecule has 1 atom stereocenters. The molecule has 1 fully saturated rings. The highest BCUT2D eigenvalue weighted by atomic mass is 16.5. The summed E-state index contributed by atoms with van der Waals surface area (Å²) >= 11 is 0. The molecule has 10 heteroatoms. The van der Waals surface area contributed by atoms with Crippen LogP contribution in [-0.4, -0.2) is 31.6 Å². The Morgan fingerprint density at radius 3 is 2.82 bits per heavy atom. The molecular weight excluding hydrogens is 432 g/mol. The van der Waals surface area contributed by atoms with Crippen molar-refractivity contribution < 1.29 is 4.74 Å². The van der Waals surface area contributed by atoms with Crippen molar-refractivity contribution in [3.8, 4) is 22.9 Å². The first-order valence-corrected chi connectivity index (χ1v) is 10.8. The van der Waals surface area contributed by atoms with E-state index in [-0.39, 0.29) is 23.1 Å². The van der Waals surface area contributed by atoms with Crippen LogP contribution in [-0.2, 0) is 0 Å². The molecule has 0 amide bonds. The standard InChI is InChI=1S/C24H22N8O2/c1-13(29-21-15(9-25)11-28-24(26)31-21)22-30-19-5-3-4-18(14-8-17(34-2)12-27-10-14)20(19)23(33)32(22)16-6-7-16/h3-5,8,10-13,16H,6-7H2,1-2H3,(H3,26,28,29,31)/t13-/m0/s1. The molecule has 3 heterocycles.